The monoisotopic (exact) mass is 367 g/mol. The summed E-state index contributed by atoms with van der Waals surface area (Å²) in [7, 11) is 0. The minimum atomic E-state index is -1.65. The first-order valence-electron chi connectivity index (χ1n) is 8.14. The fraction of sp³-hybridized carbons (Fsp3) is 0.867. The van der Waals surface area contributed by atoms with Gasteiger partial charge in [0.25, 0.3) is 0 Å². The van der Waals surface area contributed by atoms with E-state index >= 15 is 0 Å². The predicted molar refractivity (Wildman–Crippen MR) is 85.8 cm³/mol. The molecule has 10 nitrogen and oxygen atoms in total. The predicted octanol–water partition coefficient (Wildman–Crippen LogP) is -2.12. The molecule has 6 atom stereocenters. The van der Waals surface area contributed by atoms with Gasteiger partial charge < -0.3 is 50.5 Å². The van der Waals surface area contributed by atoms with E-state index in [1.54, 1.807) is 0 Å². The van der Waals surface area contributed by atoms with Gasteiger partial charge in [0.1, 0.15) is 36.3 Å². The summed E-state index contributed by atoms with van der Waals surface area (Å²) >= 11 is 0. The molecule has 8 N–H and O–H groups in total. The molecule has 1 rings (SSSR count). The SMILES string of the molecule is CC(C)NC/C(O)=C(\O)C(CCO)OC1OC(CO)C(O)C(O)C1O. The van der Waals surface area contributed by atoms with Crippen molar-refractivity contribution in [2.75, 3.05) is 19.8 Å². The van der Waals surface area contributed by atoms with Crippen LogP contribution in [-0.4, -0.2) is 98.4 Å². The Morgan fingerprint density at radius 2 is 1.72 bits per heavy atom. The van der Waals surface area contributed by atoms with Gasteiger partial charge in [-0.15, -0.1) is 0 Å². The zero-order chi connectivity index (χ0) is 19.1. The number of rotatable bonds is 9. The van der Waals surface area contributed by atoms with Crippen LogP contribution >= 0.6 is 0 Å². The second kappa shape index (κ2) is 10.2. The summed E-state index contributed by atoms with van der Waals surface area (Å²) in [6.07, 6.45) is -8.81. The summed E-state index contributed by atoms with van der Waals surface area (Å²) in [4.78, 5) is 0. The maximum absolute atomic E-state index is 10.1. The van der Waals surface area contributed by atoms with Crippen molar-refractivity contribution in [3.05, 3.63) is 11.5 Å². The van der Waals surface area contributed by atoms with Crippen LogP contribution in [0.25, 0.3) is 0 Å². The molecule has 0 radical (unpaired) electrons. The molecule has 1 heterocycles. The van der Waals surface area contributed by atoms with E-state index < -0.39 is 61.5 Å². The summed E-state index contributed by atoms with van der Waals surface area (Å²) in [6, 6.07) is 0.0533. The third-order valence-corrected chi connectivity index (χ3v) is 3.82. The average Bonchev–Trinajstić information content (AvgIpc) is 2.58. The van der Waals surface area contributed by atoms with Crippen molar-refractivity contribution >= 4 is 0 Å². The minimum Gasteiger partial charge on any atom is -0.507 e. The topological polar surface area (TPSA) is 172 Å². The van der Waals surface area contributed by atoms with Gasteiger partial charge in [0, 0.05) is 19.1 Å². The highest BCUT2D eigenvalue weighted by molar-refractivity contribution is 5.06. The van der Waals surface area contributed by atoms with E-state index in [0.29, 0.717) is 0 Å². The van der Waals surface area contributed by atoms with Gasteiger partial charge in [-0.1, -0.05) is 13.8 Å². The average molecular weight is 367 g/mol. The number of aliphatic hydroxyl groups excluding tert-OH is 7. The smallest absolute Gasteiger partial charge is 0.187 e. The van der Waals surface area contributed by atoms with Gasteiger partial charge in [0.15, 0.2) is 12.0 Å². The number of aliphatic hydroxyl groups is 7. The van der Waals surface area contributed by atoms with E-state index in [0.717, 1.165) is 0 Å². The highest BCUT2D eigenvalue weighted by Crippen LogP contribution is 2.25. The van der Waals surface area contributed by atoms with Crippen LogP contribution in [0.4, 0.5) is 0 Å². The van der Waals surface area contributed by atoms with Crippen LogP contribution in [0.2, 0.25) is 0 Å². The van der Waals surface area contributed by atoms with Gasteiger partial charge in [-0.3, -0.25) is 0 Å². The van der Waals surface area contributed by atoms with Gasteiger partial charge in [0.2, 0.25) is 0 Å². The molecule has 1 aliphatic heterocycles. The Hall–Kier alpha value is -0.980. The molecule has 1 saturated heterocycles. The third-order valence-electron chi connectivity index (χ3n) is 3.82. The van der Waals surface area contributed by atoms with Crippen LogP contribution in [0.3, 0.4) is 0 Å². The number of ether oxygens (including phenoxy) is 2. The molecule has 0 saturated carbocycles. The molecule has 0 spiro atoms. The first-order chi connectivity index (χ1) is 11.7. The molecule has 0 aliphatic carbocycles. The first kappa shape index (κ1) is 22.1. The Kier molecular flexibility index (Phi) is 9.03. The highest BCUT2D eigenvalue weighted by Gasteiger charge is 2.45. The molecule has 6 unspecified atom stereocenters. The van der Waals surface area contributed by atoms with Crippen LogP contribution in [0.5, 0.6) is 0 Å². The lowest BCUT2D eigenvalue weighted by Crippen LogP contribution is -2.59. The quantitative estimate of drug-likeness (QED) is 0.211. The molecule has 0 aromatic carbocycles. The second-order valence-electron chi connectivity index (χ2n) is 6.20. The molecular formula is C15H29NO9. The third kappa shape index (κ3) is 6.04. The lowest BCUT2D eigenvalue weighted by molar-refractivity contribution is -0.310. The Balaban J connectivity index is 2.87. The van der Waals surface area contributed by atoms with Crippen LogP contribution < -0.4 is 5.32 Å². The normalized spacial score (nSPS) is 32.6. The molecule has 0 bridgehead atoms. The molecule has 1 aliphatic rings. The molecule has 1 fully saturated rings. The Bertz CT molecular complexity index is 429. The summed E-state index contributed by atoms with van der Waals surface area (Å²) < 4.78 is 10.6. The van der Waals surface area contributed by atoms with Crippen molar-refractivity contribution in [1.82, 2.24) is 5.32 Å². The first-order valence-corrected chi connectivity index (χ1v) is 8.14. The van der Waals surface area contributed by atoms with Crippen molar-refractivity contribution in [3.8, 4) is 0 Å². The van der Waals surface area contributed by atoms with Crippen LogP contribution in [0.15, 0.2) is 11.5 Å². The Morgan fingerprint density at radius 3 is 2.24 bits per heavy atom. The van der Waals surface area contributed by atoms with Crippen LogP contribution in [0, 0.1) is 0 Å². The van der Waals surface area contributed by atoms with Gasteiger partial charge in [-0.05, 0) is 0 Å². The summed E-state index contributed by atoms with van der Waals surface area (Å²) in [6.45, 7) is 2.64. The number of hydrogen-bond donors (Lipinski definition) is 8. The van der Waals surface area contributed by atoms with Crippen molar-refractivity contribution in [1.29, 1.82) is 0 Å². The number of hydrogen-bond acceptors (Lipinski definition) is 10. The Morgan fingerprint density at radius 1 is 1.08 bits per heavy atom. The van der Waals surface area contributed by atoms with Crippen molar-refractivity contribution < 1.29 is 45.2 Å². The van der Waals surface area contributed by atoms with Gasteiger partial charge >= 0.3 is 0 Å². The van der Waals surface area contributed by atoms with Crippen molar-refractivity contribution in [2.24, 2.45) is 0 Å². The molecule has 0 aromatic heterocycles. The molecule has 10 heteroatoms. The van der Waals surface area contributed by atoms with E-state index in [1.807, 2.05) is 13.8 Å². The maximum atomic E-state index is 10.1. The highest BCUT2D eigenvalue weighted by atomic mass is 16.7. The summed E-state index contributed by atoms with van der Waals surface area (Å²) in [5, 5.41) is 70.7. The minimum absolute atomic E-state index is 0.0382. The van der Waals surface area contributed by atoms with Crippen molar-refractivity contribution in [2.45, 2.75) is 63.1 Å². The van der Waals surface area contributed by atoms with E-state index in [4.69, 9.17) is 19.7 Å². The molecule has 25 heavy (non-hydrogen) atoms. The van der Waals surface area contributed by atoms with E-state index in [9.17, 15) is 25.5 Å². The fourth-order valence-corrected chi connectivity index (χ4v) is 2.31. The molecule has 0 aromatic rings. The van der Waals surface area contributed by atoms with Crippen LogP contribution in [0.1, 0.15) is 20.3 Å². The largest absolute Gasteiger partial charge is 0.507 e. The lowest BCUT2D eigenvalue weighted by atomic mass is 9.99. The lowest BCUT2D eigenvalue weighted by Gasteiger charge is -2.40. The fourth-order valence-electron chi connectivity index (χ4n) is 2.31. The zero-order valence-electron chi connectivity index (χ0n) is 14.3. The Labute approximate surface area is 145 Å². The standard InChI is InChI=1S/C15H29NO9/c1-7(2)16-5-8(19)11(20)9(3-4-17)24-15-14(23)13(22)12(21)10(6-18)25-15/h7,9-10,12-23H,3-6H2,1-2H3/b11-8+. The molecule has 0 amide bonds. The zero-order valence-corrected chi connectivity index (χ0v) is 14.3. The molecular weight excluding hydrogens is 338 g/mol. The van der Waals surface area contributed by atoms with Crippen LogP contribution in [-0.2, 0) is 9.47 Å². The van der Waals surface area contributed by atoms with E-state index in [2.05, 4.69) is 5.32 Å². The molecule has 148 valence electrons. The maximum Gasteiger partial charge on any atom is 0.187 e. The van der Waals surface area contributed by atoms with Crippen molar-refractivity contribution in [3.63, 3.8) is 0 Å². The van der Waals surface area contributed by atoms with Gasteiger partial charge in [-0.2, -0.15) is 0 Å². The summed E-state index contributed by atoms with van der Waals surface area (Å²) in [5.41, 5.74) is 0. The number of nitrogens with one attached hydrogen (secondary N) is 1. The van der Waals surface area contributed by atoms with Gasteiger partial charge in [0.05, 0.1) is 13.2 Å². The van der Waals surface area contributed by atoms with Gasteiger partial charge in [-0.25, -0.2) is 0 Å². The van der Waals surface area contributed by atoms with E-state index in [1.165, 1.54) is 0 Å². The summed E-state index contributed by atoms with van der Waals surface area (Å²) in [5.74, 6) is -0.962. The van der Waals surface area contributed by atoms with E-state index in [-0.39, 0.29) is 19.0 Å². The second-order valence-corrected chi connectivity index (χ2v) is 6.20.